The molecule has 1 aromatic rings. The average molecular weight is 338 g/mol. The van der Waals surface area contributed by atoms with Crippen LogP contribution in [0.5, 0.6) is 0 Å². The number of rotatable bonds is 12. The number of hydrogen-bond acceptors (Lipinski definition) is 4. The number of carboxylic acids is 1. The molecule has 0 heterocycles. The number of benzene rings is 1. The molecule has 0 saturated heterocycles. The Hall–Kier alpha value is -1.43. The van der Waals surface area contributed by atoms with Crippen molar-refractivity contribution in [1.29, 1.82) is 0 Å². The maximum atomic E-state index is 10.8. The van der Waals surface area contributed by atoms with E-state index in [-0.39, 0.29) is 30.5 Å². The van der Waals surface area contributed by atoms with Crippen LogP contribution < -0.4 is 0 Å². The van der Waals surface area contributed by atoms with E-state index in [1.807, 2.05) is 37.3 Å². The largest absolute Gasteiger partial charge is 0.481 e. The molecule has 5 nitrogen and oxygen atoms in total. The Morgan fingerprint density at radius 1 is 1.12 bits per heavy atom. The van der Waals surface area contributed by atoms with Gasteiger partial charge in [0.05, 0.1) is 25.4 Å². The average Bonchev–Trinajstić information content (AvgIpc) is 2.58. The molecule has 0 saturated carbocycles. The first-order valence-electron chi connectivity index (χ1n) is 8.38. The summed E-state index contributed by atoms with van der Waals surface area (Å²) in [6.45, 7) is 5.09. The van der Waals surface area contributed by atoms with Crippen molar-refractivity contribution >= 4 is 5.97 Å². The highest BCUT2D eigenvalue weighted by atomic mass is 16.5. The number of aliphatic carboxylic acids is 1. The minimum absolute atomic E-state index is 0.0744. The van der Waals surface area contributed by atoms with Crippen molar-refractivity contribution in [2.45, 2.75) is 45.5 Å². The predicted molar refractivity (Wildman–Crippen MR) is 92.9 cm³/mol. The van der Waals surface area contributed by atoms with E-state index in [1.54, 1.807) is 14.2 Å². The summed E-state index contributed by atoms with van der Waals surface area (Å²) in [4.78, 5) is 10.8. The Balaban J connectivity index is 2.52. The van der Waals surface area contributed by atoms with Gasteiger partial charge in [-0.05, 0) is 17.9 Å². The van der Waals surface area contributed by atoms with Gasteiger partial charge in [0.2, 0.25) is 0 Å². The highest BCUT2D eigenvalue weighted by Gasteiger charge is 2.30. The normalized spacial score (nSPS) is 16.3. The molecule has 0 aliphatic carbocycles. The number of hydrogen-bond donors (Lipinski definition) is 1. The first-order valence-corrected chi connectivity index (χ1v) is 8.38. The molecule has 0 bridgehead atoms. The number of carboxylic acid groups (broad SMARTS) is 1. The van der Waals surface area contributed by atoms with E-state index in [0.717, 1.165) is 5.56 Å². The van der Waals surface area contributed by atoms with E-state index in [0.29, 0.717) is 19.6 Å². The smallest absolute Gasteiger partial charge is 0.303 e. The lowest BCUT2D eigenvalue weighted by Gasteiger charge is -2.33. The lowest BCUT2D eigenvalue weighted by atomic mass is 9.86. The lowest BCUT2D eigenvalue weighted by Crippen LogP contribution is -2.39. The summed E-state index contributed by atoms with van der Waals surface area (Å²) < 4.78 is 17.0. The van der Waals surface area contributed by atoms with Crippen LogP contribution in [0.2, 0.25) is 0 Å². The van der Waals surface area contributed by atoms with Gasteiger partial charge in [-0.3, -0.25) is 4.79 Å². The third-order valence-corrected chi connectivity index (χ3v) is 4.45. The Morgan fingerprint density at radius 2 is 1.79 bits per heavy atom. The van der Waals surface area contributed by atoms with Gasteiger partial charge in [-0.2, -0.15) is 0 Å². The van der Waals surface area contributed by atoms with Crippen LogP contribution >= 0.6 is 0 Å². The molecule has 1 aromatic carbocycles. The van der Waals surface area contributed by atoms with Crippen LogP contribution in [0.4, 0.5) is 0 Å². The summed E-state index contributed by atoms with van der Waals surface area (Å²) in [6, 6.07) is 10.00. The molecule has 24 heavy (non-hydrogen) atoms. The van der Waals surface area contributed by atoms with Gasteiger partial charge in [-0.1, -0.05) is 44.2 Å². The van der Waals surface area contributed by atoms with Crippen LogP contribution in [0.25, 0.3) is 0 Å². The molecule has 4 atom stereocenters. The van der Waals surface area contributed by atoms with Crippen molar-refractivity contribution in [3.05, 3.63) is 35.9 Å². The fourth-order valence-corrected chi connectivity index (χ4v) is 2.99. The number of ether oxygens (including phenoxy) is 3. The molecule has 0 spiro atoms. The zero-order valence-electron chi connectivity index (χ0n) is 15.1. The molecule has 0 aromatic heterocycles. The minimum atomic E-state index is -0.779. The van der Waals surface area contributed by atoms with Crippen molar-refractivity contribution in [2.75, 3.05) is 20.8 Å². The Labute approximate surface area is 144 Å². The van der Waals surface area contributed by atoms with Gasteiger partial charge < -0.3 is 19.3 Å². The van der Waals surface area contributed by atoms with E-state index < -0.39 is 5.97 Å². The molecule has 0 amide bonds. The van der Waals surface area contributed by atoms with E-state index in [9.17, 15) is 4.79 Å². The molecule has 0 fully saturated rings. The molecule has 0 aliphatic rings. The zero-order valence-corrected chi connectivity index (χ0v) is 15.1. The first kappa shape index (κ1) is 20.6. The van der Waals surface area contributed by atoms with Crippen molar-refractivity contribution in [1.82, 2.24) is 0 Å². The predicted octanol–water partition coefficient (Wildman–Crippen LogP) is 3.37. The molecule has 5 heteroatoms. The first-order chi connectivity index (χ1) is 11.5. The van der Waals surface area contributed by atoms with Gasteiger partial charge in [-0.15, -0.1) is 0 Å². The standard InChI is InChI=1S/C19H30O5/c1-14(10-11-18(20)21)19(23-4)15(2)17(22-3)13-24-12-16-8-6-5-7-9-16/h5-9,14-15,17,19H,10-13H2,1-4H3,(H,20,21)/t14-,15+,17-,19-/m0/s1. The second-order valence-corrected chi connectivity index (χ2v) is 6.24. The number of methoxy groups -OCH3 is 2. The van der Waals surface area contributed by atoms with Crippen LogP contribution in [-0.2, 0) is 25.6 Å². The fourth-order valence-electron chi connectivity index (χ4n) is 2.99. The maximum Gasteiger partial charge on any atom is 0.303 e. The van der Waals surface area contributed by atoms with Gasteiger partial charge in [-0.25, -0.2) is 0 Å². The van der Waals surface area contributed by atoms with E-state index in [1.165, 1.54) is 0 Å². The molecule has 136 valence electrons. The summed E-state index contributed by atoms with van der Waals surface area (Å²) in [5, 5.41) is 8.85. The van der Waals surface area contributed by atoms with Crippen LogP contribution in [0.3, 0.4) is 0 Å². The minimum Gasteiger partial charge on any atom is -0.481 e. The lowest BCUT2D eigenvalue weighted by molar-refractivity contribution is -0.137. The van der Waals surface area contributed by atoms with Gasteiger partial charge in [0.15, 0.2) is 0 Å². The summed E-state index contributed by atoms with van der Waals surface area (Å²) >= 11 is 0. The highest BCUT2D eigenvalue weighted by molar-refractivity contribution is 5.66. The molecular formula is C19H30O5. The van der Waals surface area contributed by atoms with E-state index >= 15 is 0 Å². The molecule has 0 unspecified atom stereocenters. The third-order valence-electron chi connectivity index (χ3n) is 4.45. The second-order valence-electron chi connectivity index (χ2n) is 6.24. The summed E-state index contributed by atoms with van der Waals surface area (Å²) in [5.74, 6) is -0.550. The topological polar surface area (TPSA) is 65.0 Å². The highest BCUT2D eigenvalue weighted by Crippen LogP contribution is 2.25. The molecule has 1 N–H and O–H groups in total. The van der Waals surface area contributed by atoms with Gasteiger partial charge >= 0.3 is 5.97 Å². The van der Waals surface area contributed by atoms with Crippen molar-refractivity contribution in [2.24, 2.45) is 11.8 Å². The Morgan fingerprint density at radius 3 is 2.33 bits per heavy atom. The summed E-state index contributed by atoms with van der Waals surface area (Å²) in [7, 11) is 3.33. The SMILES string of the molecule is CO[C@H]([C@H](C)[C@H](COCc1ccccc1)OC)[C@@H](C)CCC(=O)O. The van der Waals surface area contributed by atoms with Crippen molar-refractivity contribution in [3.8, 4) is 0 Å². The van der Waals surface area contributed by atoms with Gasteiger partial charge in [0.25, 0.3) is 0 Å². The van der Waals surface area contributed by atoms with Crippen LogP contribution in [0, 0.1) is 11.8 Å². The quantitative estimate of drug-likeness (QED) is 0.633. The summed E-state index contributed by atoms with van der Waals surface area (Å²) in [6.07, 6.45) is 0.552. The second kappa shape index (κ2) is 11.2. The number of carbonyl (C=O) groups is 1. The molecular weight excluding hydrogens is 308 g/mol. The summed E-state index contributed by atoms with van der Waals surface area (Å²) in [5.41, 5.74) is 1.12. The molecule has 1 rings (SSSR count). The van der Waals surface area contributed by atoms with Crippen LogP contribution in [-0.4, -0.2) is 44.1 Å². The van der Waals surface area contributed by atoms with Crippen molar-refractivity contribution in [3.63, 3.8) is 0 Å². The zero-order chi connectivity index (χ0) is 17.9. The Kier molecular flexibility index (Phi) is 9.60. The van der Waals surface area contributed by atoms with Crippen molar-refractivity contribution < 1.29 is 24.1 Å². The monoisotopic (exact) mass is 338 g/mol. The van der Waals surface area contributed by atoms with Crippen LogP contribution in [0.1, 0.15) is 32.3 Å². The molecule has 0 radical (unpaired) electrons. The van der Waals surface area contributed by atoms with E-state index in [4.69, 9.17) is 19.3 Å². The van der Waals surface area contributed by atoms with E-state index in [2.05, 4.69) is 6.92 Å². The maximum absolute atomic E-state index is 10.8. The van der Waals surface area contributed by atoms with Gasteiger partial charge in [0.1, 0.15) is 0 Å². The molecule has 0 aliphatic heterocycles. The third kappa shape index (κ3) is 6.99. The van der Waals surface area contributed by atoms with Gasteiger partial charge in [0, 0.05) is 26.6 Å². The Bertz CT molecular complexity index is 462. The van der Waals surface area contributed by atoms with Crippen LogP contribution in [0.15, 0.2) is 30.3 Å². The fraction of sp³-hybridized carbons (Fsp3) is 0.632.